The molecule has 0 aromatic carbocycles. The van der Waals surface area contributed by atoms with Crippen molar-refractivity contribution in [3.05, 3.63) is 42.9 Å². The largest absolute Gasteiger partial charge is 0.103 e. The van der Waals surface area contributed by atoms with Crippen LogP contribution in [0.1, 0.15) is 12.8 Å². The molecule has 0 amide bonds. The van der Waals surface area contributed by atoms with Gasteiger partial charge in [0.25, 0.3) is 0 Å². The van der Waals surface area contributed by atoms with Gasteiger partial charge < -0.3 is 0 Å². The van der Waals surface area contributed by atoms with Crippen LogP contribution in [-0.4, -0.2) is 0 Å². The molecule has 9 heavy (non-hydrogen) atoms. The summed E-state index contributed by atoms with van der Waals surface area (Å²) in [6, 6.07) is 0. The van der Waals surface area contributed by atoms with Gasteiger partial charge in [0.1, 0.15) is 0 Å². The fraction of sp³-hybridized carbons (Fsp3) is 0.222. The lowest BCUT2D eigenvalue weighted by atomic mass is 10.0. The Morgan fingerprint density at radius 2 is 2.56 bits per heavy atom. The lowest BCUT2D eigenvalue weighted by molar-refractivity contribution is 1.18. The van der Waals surface area contributed by atoms with E-state index in [0.29, 0.717) is 0 Å². The molecular formula is C9H11. The lowest BCUT2D eigenvalue weighted by Crippen LogP contribution is -1.82. The molecule has 0 aromatic rings. The van der Waals surface area contributed by atoms with E-state index in [2.05, 4.69) is 31.2 Å². The van der Waals surface area contributed by atoms with E-state index in [1.807, 2.05) is 6.08 Å². The topological polar surface area (TPSA) is 0 Å². The highest BCUT2D eigenvalue weighted by Gasteiger charge is 1.92. The maximum atomic E-state index is 3.67. The molecule has 47 valence electrons. The maximum absolute atomic E-state index is 3.67. The molecule has 0 heteroatoms. The molecule has 0 saturated heterocycles. The molecular weight excluding hydrogens is 108 g/mol. The Bertz CT molecular complexity index is 149. The summed E-state index contributed by atoms with van der Waals surface area (Å²) in [5.74, 6) is 0. The van der Waals surface area contributed by atoms with Crippen molar-refractivity contribution >= 4 is 0 Å². The first kappa shape index (κ1) is 6.34. The molecule has 0 aliphatic heterocycles. The van der Waals surface area contributed by atoms with Gasteiger partial charge in [0, 0.05) is 0 Å². The van der Waals surface area contributed by atoms with Crippen molar-refractivity contribution in [2.45, 2.75) is 12.8 Å². The standard InChI is InChI=1S/C9H11/c1-2-6-9-7-4-3-5-8-9/h2,4-5,7-8H,1,3,6H2. The molecule has 0 fully saturated rings. The normalized spacial score (nSPS) is 17.1. The Kier molecular flexibility index (Phi) is 2.32. The molecule has 0 atom stereocenters. The molecule has 0 heterocycles. The zero-order valence-corrected chi connectivity index (χ0v) is 5.51. The SMILES string of the molecule is C=CCC1=C[CH]CC=C1. The highest BCUT2D eigenvalue weighted by molar-refractivity contribution is 5.28. The summed E-state index contributed by atoms with van der Waals surface area (Å²) in [6.45, 7) is 3.67. The van der Waals surface area contributed by atoms with Gasteiger partial charge in [-0.05, 0) is 24.8 Å². The van der Waals surface area contributed by atoms with E-state index in [0.717, 1.165) is 12.8 Å². The molecule has 0 bridgehead atoms. The van der Waals surface area contributed by atoms with Crippen molar-refractivity contribution in [1.82, 2.24) is 0 Å². The highest BCUT2D eigenvalue weighted by atomic mass is 14.0. The quantitative estimate of drug-likeness (QED) is 0.490. The van der Waals surface area contributed by atoms with E-state index in [1.165, 1.54) is 5.57 Å². The number of hydrogen-bond donors (Lipinski definition) is 0. The van der Waals surface area contributed by atoms with Crippen LogP contribution in [0.3, 0.4) is 0 Å². The van der Waals surface area contributed by atoms with Gasteiger partial charge in [-0.25, -0.2) is 0 Å². The third-order valence-corrected chi connectivity index (χ3v) is 1.32. The molecule has 0 saturated carbocycles. The van der Waals surface area contributed by atoms with E-state index in [-0.39, 0.29) is 0 Å². The number of allylic oxidation sites excluding steroid dienone is 5. The minimum absolute atomic E-state index is 0.993. The van der Waals surface area contributed by atoms with E-state index in [1.54, 1.807) is 0 Å². The molecule has 0 nitrogen and oxygen atoms in total. The zero-order chi connectivity index (χ0) is 6.53. The summed E-state index contributed by atoms with van der Waals surface area (Å²) < 4.78 is 0. The average Bonchev–Trinajstić information content (AvgIpc) is 1.91. The second-order valence-electron chi connectivity index (χ2n) is 2.11. The molecule has 1 aliphatic carbocycles. The van der Waals surface area contributed by atoms with Crippen LogP contribution < -0.4 is 0 Å². The van der Waals surface area contributed by atoms with Gasteiger partial charge >= 0.3 is 0 Å². The van der Waals surface area contributed by atoms with Gasteiger partial charge in [-0.15, -0.1) is 6.58 Å². The summed E-state index contributed by atoms with van der Waals surface area (Å²) in [5.41, 5.74) is 1.36. The van der Waals surface area contributed by atoms with Gasteiger partial charge in [-0.1, -0.05) is 24.3 Å². The van der Waals surface area contributed by atoms with Gasteiger partial charge in [0.2, 0.25) is 0 Å². The van der Waals surface area contributed by atoms with Crippen LogP contribution in [0.15, 0.2) is 36.5 Å². The van der Waals surface area contributed by atoms with Crippen LogP contribution in [0.2, 0.25) is 0 Å². The van der Waals surface area contributed by atoms with Crippen molar-refractivity contribution in [3.8, 4) is 0 Å². The summed E-state index contributed by atoms with van der Waals surface area (Å²) in [4.78, 5) is 0. The van der Waals surface area contributed by atoms with Crippen LogP contribution in [0.5, 0.6) is 0 Å². The average molecular weight is 119 g/mol. The first-order valence-electron chi connectivity index (χ1n) is 3.23. The first-order chi connectivity index (χ1) is 4.43. The fourth-order valence-electron chi connectivity index (χ4n) is 0.876. The Hall–Kier alpha value is -0.780. The van der Waals surface area contributed by atoms with Crippen molar-refractivity contribution in [1.29, 1.82) is 0 Å². The molecule has 0 N–H and O–H groups in total. The van der Waals surface area contributed by atoms with Gasteiger partial charge in [-0.3, -0.25) is 0 Å². The molecule has 1 rings (SSSR count). The van der Waals surface area contributed by atoms with Gasteiger partial charge in [0.15, 0.2) is 0 Å². The van der Waals surface area contributed by atoms with Gasteiger partial charge in [0.05, 0.1) is 0 Å². The first-order valence-corrected chi connectivity index (χ1v) is 3.23. The van der Waals surface area contributed by atoms with Crippen LogP contribution >= 0.6 is 0 Å². The summed E-state index contributed by atoms with van der Waals surface area (Å²) in [5, 5.41) is 0. The Morgan fingerprint density at radius 1 is 1.67 bits per heavy atom. The van der Waals surface area contributed by atoms with Crippen LogP contribution in [0.4, 0.5) is 0 Å². The lowest BCUT2D eigenvalue weighted by Gasteiger charge is -2.01. The smallest absolute Gasteiger partial charge is 0.0103 e. The second-order valence-corrected chi connectivity index (χ2v) is 2.11. The summed E-state index contributed by atoms with van der Waals surface area (Å²) >= 11 is 0. The van der Waals surface area contributed by atoms with Crippen LogP contribution in [0, 0.1) is 6.42 Å². The van der Waals surface area contributed by atoms with E-state index >= 15 is 0 Å². The fourth-order valence-corrected chi connectivity index (χ4v) is 0.876. The van der Waals surface area contributed by atoms with Crippen LogP contribution in [-0.2, 0) is 0 Å². The van der Waals surface area contributed by atoms with Crippen molar-refractivity contribution < 1.29 is 0 Å². The van der Waals surface area contributed by atoms with E-state index in [4.69, 9.17) is 0 Å². The number of rotatable bonds is 2. The number of hydrogen-bond acceptors (Lipinski definition) is 0. The Balaban J connectivity index is 2.47. The van der Waals surface area contributed by atoms with Crippen molar-refractivity contribution in [3.63, 3.8) is 0 Å². The molecule has 0 spiro atoms. The Morgan fingerprint density at radius 3 is 3.11 bits per heavy atom. The van der Waals surface area contributed by atoms with Crippen molar-refractivity contribution in [2.75, 3.05) is 0 Å². The predicted molar refractivity (Wildman–Crippen MR) is 41.0 cm³/mol. The minimum atomic E-state index is 0.993. The maximum Gasteiger partial charge on any atom is -0.0103 e. The van der Waals surface area contributed by atoms with E-state index in [9.17, 15) is 0 Å². The Labute approximate surface area is 56.6 Å². The second kappa shape index (κ2) is 3.29. The summed E-state index contributed by atoms with van der Waals surface area (Å²) in [6.07, 6.45) is 12.6. The minimum Gasteiger partial charge on any atom is -0.103 e. The highest BCUT2D eigenvalue weighted by Crippen LogP contribution is 2.11. The molecule has 0 unspecified atom stereocenters. The van der Waals surface area contributed by atoms with Crippen molar-refractivity contribution in [2.24, 2.45) is 0 Å². The van der Waals surface area contributed by atoms with E-state index < -0.39 is 0 Å². The predicted octanol–water partition coefficient (Wildman–Crippen LogP) is 2.65. The molecule has 0 aromatic heterocycles. The zero-order valence-electron chi connectivity index (χ0n) is 5.51. The molecule has 1 aliphatic rings. The monoisotopic (exact) mass is 119 g/mol. The summed E-state index contributed by atoms with van der Waals surface area (Å²) in [7, 11) is 0. The third kappa shape index (κ3) is 1.88. The van der Waals surface area contributed by atoms with Gasteiger partial charge in [-0.2, -0.15) is 0 Å². The van der Waals surface area contributed by atoms with Crippen LogP contribution in [0.25, 0.3) is 0 Å². The molecule has 1 radical (unpaired) electrons. The third-order valence-electron chi connectivity index (χ3n) is 1.32.